The topological polar surface area (TPSA) is 36.7 Å². The molecule has 0 saturated carbocycles. The van der Waals surface area contributed by atoms with Gasteiger partial charge in [-0.3, -0.25) is 0 Å². The van der Waals surface area contributed by atoms with E-state index in [4.69, 9.17) is 5.26 Å². The van der Waals surface area contributed by atoms with Crippen LogP contribution in [0.1, 0.15) is 23.1 Å². The molecule has 1 rings (SSSR count). The van der Waals surface area contributed by atoms with Crippen molar-refractivity contribution in [3.05, 3.63) is 28.8 Å². The highest BCUT2D eigenvalue weighted by molar-refractivity contribution is 9.08. The summed E-state index contributed by atoms with van der Waals surface area (Å²) in [6.07, 6.45) is -2.03. The predicted molar refractivity (Wildman–Crippen MR) is 46.5 cm³/mol. The van der Waals surface area contributed by atoms with E-state index in [1.807, 2.05) is 0 Å². The molecule has 14 heavy (non-hydrogen) atoms. The number of aromatic nitrogens is 1. The van der Waals surface area contributed by atoms with Crippen LogP contribution >= 0.6 is 15.9 Å². The van der Waals surface area contributed by atoms with Gasteiger partial charge < -0.3 is 0 Å². The first kappa shape index (κ1) is 11.0. The molecule has 0 aromatic carbocycles. The van der Waals surface area contributed by atoms with Gasteiger partial charge in [0.05, 0.1) is 11.1 Å². The molecule has 1 aromatic heterocycles. The first-order valence-electron chi connectivity index (χ1n) is 3.53. The number of hydrogen-bond donors (Lipinski definition) is 0. The summed E-state index contributed by atoms with van der Waals surface area (Å²) in [5.41, 5.74) is -0.894. The molecule has 0 atom stereocenters. The molecule has 0 aliphatic rings. The Labute approximate surface area is 86.5 Å². The molecule has 2 nitrogen and oxygen atoms in total. The minimum atomic E-state index is -2.97. The van der Waals surface area contributed by atoms with Crippen molar-refractivity contribution in [1.29, 1.82) is 5.26 Å². The number of halogens is 4. The average molecular weight is 265 g/mol. The molecule has 0 bridgehead atoms. The number of nitrogens with zero attached hydrogens (tertiary/aromatic N) is 2. The fourth-order valence-electron chi connectivity index (χ4n) is 1.00. The van der Waals surface area contributed by atoms with Gasteiger partial charge in [-0.15, -0.1) is 0 Å². The van der Waals surface area contributed by atoms with Gasteiger partial charge in [-0.2, -0.15) is 9.65 Å². The van der Waals surface area contributed by atoms with Crippen molar-refractivity contribution in [3.63, 3.8) is 0 Å². The first-order valence-corrected chi connectivity index (χ1v) is 4.65. The molecule has 0 amide bonds. The van der Waals surface area contributed by atoms with E-state index in [-0.39, 0.29) is 16.5 Å². The maximum atomic E-state index is 12.9. The zero-order valence-corrected chi connectivity index (χ0v) is 8.35. The standard InChI is InChI=1S/C8H4BrF3N2/c9-1-5-4(2-13)3-14-8(12)6(5)7(10)11/h3,7H,1H2. The third kappa shape index (κ3) is 1.87. The molecular formula is C8H4BrF3N2. The van der Waals surface area contributed by atoms with E-state index in [2.05, 4.69) is 20.9 Å². The lowest BCUT2D eigenvalue weighted by Crippen LogP contribution is -2.02. The number of alkyl halides is 3. The predicted octanol–water partition coefficient (Wildman–Crippen LogP) is 2.92. The lowest BCUT2D eigenvalue weighted by Gasteiger charge is -2.07. The van der Waals surface area contributed by atoms with E-state index in [1.165, 1.54) is 0 Å². The summed E-state index contributed by atoms with van der Waals surface area (Å²) >= 11 is 2.92. The fourth-order valence-corrected chi connectivity index (χ4v) is 1.60. The maximum absolute atomic E-state index is 12.9. The van der Waals surface area contributed by atoms with Gasteiger partial charge in [-0.25, -0.2) is 13.8 Å². The highest BCUT2D eigenvalue weighted by Crippen LogP contribution is 2.28. The summed E-state index contributed by atoms with van der Waals surface area (Å²) < 4.78 is 37.6. The number of hydrogen-bond acceptors (Lipinski definition) is 2. The summed E-state index contributed by atoms with van der Waals surface area (Å²) in [4.78, 5) is 3.09. The summed E-state index contributed by atoms with van der Waals surface area (Å²) in [6, 6.07) is 1.68. The molecule has 0 unspecified atom stereocenters. The van der Waals surface area contributed by atoms with Crippen molar-refractivity contribution in [2.45, 2.75) is 11.8 Å². The second kappa shape index (κ2) is 4.42. The Hall–Kier alpha value is -1.09. The van der Waals surface area contributed by atoms with E-state index in [0.717, 1.165) is 6.20 Å². The van der Waals surface area contributed by atoms with E-state index < -0.39 is 17.9 Å². The second-order valence-corrected chi connectivity index (χ2v) is 2.96. The van der Waals surface area contributed by atoms with Crippen LogP contribution < -0.4 is 0 Å². The van der Waals surface area contributed by atoms with Gasteiger partial charge in [-0.05, 0) is 5.56 Å². The van der Waals surface area contributed by atoms with Crippen molar-refractivity contribution >= 4 is 15.9 Å². The molecule has 0 fully saturated rings. The molecule has 0 radical (unpaired) electrons. The van der Waals surface area contributed by atoms with Crippen LogP contribution in [-0.4, -0.2) is 4.98 Å². The second-order valence-electron chi connectivity index (χ2n) is 2.40. The summed E-state index contributed by atoms with van der Waals surface area (Å²) in [5.74, 6) is -1.23. The first-order chi connectivity index (χ1) is 6.61. The molecule has 74 valence electrons. The Bertz CT molecular complexity index is 387. The van der Waals surface area contributed by atoms with E-state index in [9.17, 15) is 13.2 Å². The Balaban J connectivity index is 3.45. The molecule has 0 spiro atoms. The quantitative estimate of drug-likeness (QED) is 0.609. The highest BCUT2D eigenvalue weighted by atomic mass is 79.9. The molecular weight excluding hydrogens is 261 g/mol. The third-order valence-electron chi connectivity index (χ3n) is 1.65. The molecule has 1 aromatic rings. The van der Waals surface area contributed by atoms with Crippen molar-refractivity contribution in [1.82, 2.24) is 4.98 Å². The third-order valence-corrected chi connectivity index (χ3v) is 2.21. The number of rotatable bonds is 2. The minimum Gasteiger partial charge on any atom is -0.226 e. The van der Waals surface area contributed by atoms with Crippen LogP contribution in [0.25, 0.3) is 0 Å². The van der Waals surface area contributed by atoms with E-state index in [0.29, 0.717) is 0 Å². The molecule has 0 N–H and O–H groups in total. The van der Waals surface area contributed by atoms with Crippen molar-refractivity contribution in [3.8, 4) is 6.07 Å². The van der Waals surface area contributed by atoms with Crippen molar-refractivity contribution in [2.75, 3.05) is 0 Å². The van der Waals surface area contributed by atoms with Gasteiger partial charge in [0.2, 0.25) is 5.95 Å². The molecule has 1 heterocycles. The molecule has 0 saturated heterocycles. The lowest BCUT2D eigenvalue weighted by atomic mass is 10.1. The molecule has 0 aliphatic heterocycles. The van der Waals surface area contributed by atoms with Gasteiger partial charge in [0, 0.05) is 11.5 Å². The van der Waals surface area contributed by atoms with Crippen LogP contribution in [0.3, 0.4) is 0 Å². The van der Waals surface area contributed by atoms with Crippen LogP contribution in [0.15, 0.2) is 6.20 Å². The van der Waals surface area contributed by atoms with Gasteiger partial charge in [0.1, 0.15) is 6.07 Å². The van der Waals surface area contributed by atoms with Crippen LogP contribution in [0.2, 0.25) is 0 Å². The Morgan fingerprint density at radius 3 is 2.64 bits per heavy atom. The SMILES string of the molecule is N#Cc1cnc(F)c(C(F)F)c1CBr. The van der Waals surface area contributed by atoms with Crippen molar-refractivity contribution in [2.24, 2.45) is 0 Å². The van der Waals surface area contributed by atoms with Crippen LogP contribution in [0.5, 0.6) is 0 Å². The van der Waals surface area contributed by atoms with Gasteiger partial charge in [0.25, 0.3) is 6.43 Å². The highest BCUT2D eigenvalue weighted by Gasteiger charge is 2.21. The normalized spacial score (nSPS) is 10.3. The Morgan fingerprint density at radius 2 is 2.21 bits per heavy atom. The van der Waals surface area contributed by atoms with Gasteiger partial charge >= 0.3 is 0 Å². The molecule has 0 aliphatic carbocycles. The monoisotopic (exact) mass is 264 g/mol. The lowest BCUT2D eigenvalue weighted by molar-refractivity contribution is 0.144. The Kier molecular flexibility index (Phi) is 3.47. The van der Waals surface area contributed by atoms with Gasteiger partial charge in [-0.1, -0.05) is 15.9 Å². The van der Waals surface area contributed by atoms with E-state index in [1.54, 1.807) is 6.07 Å². The van der Waals surface area contributed by atoms with Crippen LogP contribution in [-0.2, 0) is 5.33 Å². The smallest absolute Gasteiger partial charge is 0.226 e. The van der Waals surface area contributed by atoms with Crippen LogP contribution in [0.4, 0.5) is 13.2 Å². The largest absolute Gasteiger partial charge is 0.268 e. The molecule has 6 heteroatoms. The summed E-state index contributed by atoms with van der Waals surface area (Å²) in [7, 11) is 0. The minimum absolute atomic E-state index is 0.00495. The zero-order chi connectivity index (χ0) is 10.7. The number of pyridine rings is 1. The van der Waals surface area contributed by atoms with Gasteiger partial charge in [0.15, 0.2) is 0 Å². The van der Waals surface area contributed by atoms with Crippen molar-refractivity contribution < 1.29 is 13.2 Å². The average Bonchev–Trinajstić information content (AvgIpc) is 2.16. The summed E-state index contributed by atoms with van der Waals surface area (Å²) in [6.45, 7) is 0. The fraction of sp³-hybridized carbons (Fsp3) is 0.250. The summed E-state index contributed by atoms with van der Waals surface area (Å²) in [5, 5.41) is 8.56. The maximum Gasteiger partial charge on any atom is 0.268 e. The number of nitriles is 1. The zero-order valence-electron chi connectivity index (χ0n) is 6.77. The van der Waals surface area contributed by atoms with Crippen LogP contribution in [0, 0.1) is 17.3 Å². The Morgan fingerprint density at radius 1 is 1.57 bits per heavy atom. The van der Waals surface area contributed by atoms with E-state index >= 15 is 0 Å².